The van der Waals surface area contributed by atoms with Crippen molar-refractivity contribution in [3.8, 4) is 22.5 Å². The molecule has 0 saturated heterocycles. The molecule has 66 heavy (non-hydrogen) atoms. The lowest BCUT2D eigenvalue weighted by Crippen LogP contribution is -2.29. The smallest absolute Gasteiger partial charge is 0.241 e. The first-order valence-electron chi connectivity index (χ1n) is 23.2. The molecular formula is C57H60N3O3S3+. The molecule has 1 heterocycles. The maximum absolute atomic E-state index is 14.5. The van der Waals surface area contributed by atoms with Crippen molar-refractivity contribution < 1.29 is 12.8 Å². The van der Waals surface area contributed by atoms with Crippen LogP contribution < -0.4 is 19.6 Å². The molecule has 0 bridgehead atoms. The number of thioether (sulfide) groups is 2. The molecule has 9 heteroatoms. The molecule has 1 aliphatic heterocycles. The average molecular weight is 931 g/mol. The van der Waals surface area contributed by atoms with E-state index in [4.69, 9.17) is 4.42 Å². The first-order chi connectivity index (χ1) is 32.2. The molecule has 0 fully saturated rings. The van der Waals surface area contributed by atoms with E-state index in [0.29, 0.717) is 23.5 Å². The highest BCUT2D eigenvalue weighted by molar-refractivity contribution is 7.99. The van der Waals surface area contributed by atoms with Crippen LogP contribution in [0.3, 0.4) is 0 Å². The number of sulfonamides is 1. The fourth-order valence-electron chi connectivity index (χ4n) is 8.70. The van der Waals surface area contributed by atoms with Crippen LogP contribution in [0, 0.1) is 19.8 Å². The summed E-state index contributed by atoms with van der Waals surface area (Å²) >= 11 is 3.67. The van der Waals surface area contributed by atoms with Crippen LogP contribution in [-0.2, 0) is 10.0 Å². The van der Waals surface area contributed by atoms with Gasteiger partial charge in [0.05, 0.1) is 16.7 Å². The van der Waals surface area contributed by atoms with E-state index >= 15 is 0 Å². The summed E-state index contributed by atoms with van der Waals surface area (Å²) in [6, 6.07) is 58.3. The molecule has 0 aromatic heterocycles. The van der Waals surface area contributed by atoms with Crippen LogP contribution in [0.4, 0.5) is 17.1 Å². The van der Waals surface area contributed by atoms with Crippen LogP contribution in [0.2, 0.25) is 0 Å². The number of para-hydroxylation sites is 2. The van der Waals surface area contributed by atoms with Gasteiger partial charge in [-0.2, -0.15) is 4.58 Å². The predicted molar refractivity (Wildman–Crippen MR) is 280 cm³/mol. The summed E-state index contributed by atoms with van der Waals surface area (Å²) in [5.74, 6) is 2.68. The molecular weight excluding hydrogens is 871 g/mol. The van der Waals surface area contributed by atoms with E-state index in [0.717, 1.165) is 89.2 Å². The molecule has 0 saturated carbocycles. The summed E-state index contributed by atoms with van der Waals surface area (Å²) in [5, 5.41) is 1.84. The van der Waals surface area contributed by atoms with Gasteiger partial charge in [0, 0.05) is 85.8 Å². The van der Waals surface area contributed by atoms with Crippen LogP contribution in [0.25, 0.3) is 33.4 Å². The van der Waals surface area contributed by atoms with E-state index in [-0.39, 0.29) is 10.8 Å². The lowest BCUT2D eigenvalue weighted by atomic mass is 9.93. The standard InChI is InChI=1S/C57H60N3O3S3/c1-5-7-22-44(6-2)41-58-66(61,62)56-30-19-16-27-51(56)57-49-33-31-45(59(52-28-17-14-20-42(52)3)35-37-64-47-23-10-8-11-24-47)39-54(49)63-55-40-46(32-34-50(55)57)60(53-29-18-15-21-43(53)4)36-38-65-48-25-12-9-13-26-48/h8-21,23-34,39-40,44,58H,5-7,22,35-38,41H2,1-4H3/q+1. The number of fused-ring (bicyclic) bond motifs is 2. The van der Waals surface area contributed by atoms with Gasteiger partial charge in [-0.1, -0.05) is 124 Å². The molecule has 2 aliphatic rings. The van der Waals surface area contributed by atoms with E-state index in [9.17, 15) is 8.42 Å². The van der Waals surface area contributed by atoms with Gasteiger partial charge in [-0.25, -0.2) is 13.1 Å². The van der Waals surface area contributed by atoms with Crippen molar-refractivity contribution in [1.29, 1.82) is 0 Å². The predicted octanol–water partition coefficient (Wildman–Crippen LogP) is 14.1. The Morgan fingerprint density at radius 1 is 0.682 bits per heavy atom. The van der Waals surface area contributed by atoms with E-state index in [2.05, 4.69) is 187 Å². The summed E-state index contributed by atoms with van der Waals surface area (Å²) in [4.78, 5) is 5.09. The summed E-state index contributed by atoms with van der Waals surface area (Å²) in [6.45, 7) is 10.6. The molecule has 1 N–H and O–H groups in total. The fourth-order valence-corrected chi connectivity index (χ4v) is 11.7. The highest BCUT2D eigenvalue weighted by Crippen LogP contribution is 2.44. The zero-order valence-electron chi connectivity index (χ0n) is 38.5. The van der Waals surface area contributed by atoms with Crippen LogP contribution >= 0.6 is 23.5 Å². The van der Waals surface area contributed by atoms with Gasteiger partial charge >= 0.3 is 0 Å². The molecule has 1 atom stereocenters. The lowest BCUT2D eigenvalue weighted by molar-refractivity contribution is 0.444. The minimum Gasteiger partial charge on any atom is -0.456 e. The molecule has 338 valence electrons. The second kappa shape index (κ2) is 22.3. The Hall–Kier alpha value is -5.58. The van der Waals surface area contributed by atoms with Gasteiger partial charge < -0.3 is 9.32 Å². The van der Waals surface area contributed by atoms with E-state index < -0.39 is 10.0 Å². The van der Waals surface area contributed by atoms with Crippen LogP contribution in [0.5, 0.6) is 0 Å². The third-order valence-electron chi connectivity index (χ3n) is 12.3. The summed E-state index contributed by atoms with van der Waals surface area (Å²) in [7, 11) is -3.90. The second-order valence-corrected chi connectivity index (χ2v) is 20.9. The molecule has 0 radical (unpaired) electrons. The number of nitrogens with zero attached hydrogens (tertiary/aromatic N) is 2. The number of unbranched alkanes of at least 4 members (excludes halogenated alkanes) is 1. The Morgan fingerprint density at radius 3 is 2.06 bits per heavy atom. The van der Waals surface area contributed by atoms with Crippen molar-refractivity contribution in [3.05, 3.63) is 186 Å². The van der Waals surface area contributed by atoms with Gasteiger partial charge in [0.25, 0.3) is 0 Å². The minimum atomic E-state index is -3.90. The second-order valence-electron chi connectivity index (χ2n) is 16.8. The topological polar surface area (TPSA) is 65.6 Å². The normalized spacial score (nSPS) is 12.7. The molecule has 1 aliphatic carbocycles. The number of hydrogen-bond donors (Lipinski definition) is 1. The van der Waals surface area contributed by atoms with E-state index in [1.165, 1.54) is 20.9 Å². The Balaban J connectivity index is 1.31. The van der Waals surface area contributed by atoms with Gasteiger partial charge in [0.1, 0.15) is 11.3 Å². The van der Waals surface area contributed by atoms with Gasteiger partial charge in [0.15, 0.2) is 6.54 Å². The van der Waals surface area contributed by atoms with Crippen molar-refractivity contribution in [2.45, 2.75) is 68.1 Å². The zero-order valence-corrected chi connectivity index (χ0v) is 40.9. The first-order valence-corrected chi connectivity index (χ1v) is 26.6. The third kappa shape index (κ3) is 11.2. The monoisotopic (exact) mass is 930 g/mol. The number of rotatable bonds is 20. The molecule has 6 nitrogen and oxygen atoms in total. The SMILES string of the molecule is CCCCC(CC)CNS(=O)(=O)c1ccccc1-c1c2ccc(=[N+](CCSc3ccccc3)c3ccccc3C)cc-2oc2cc(N(CCSc3ccccc3)c3ccccc3C)ccc12. The summed E-state index contributed by atoms with van der Waals surface area (Å²) < 4.78 is 41.5. The molecule has 6 aromatic rings. The molecule has 1 unspecified atom stereocenters. The van der Waals surface area contributed by atoms with E-state index in [1.54, 1.807) is 6.07 Å². The maximum Gasteiger partial charge on any atom is 0.241 e. The number of benzene rings is 7. The van der Waals surface area contributed by atoms with Crippen LogP contribution in [0.15, 0.2) is 189 Å². The van der Waals surface area contributed by atoms with Crippen molar-refractivity contribution in [2.24, 2.45) is 5.92 Å². The van der Waals surface area contributed by atoms with Gasteiger partial charge in [-0.05, 0) is 86.3 Å². The maximum atomic E-state index is 14.5. The van der Waals surface area contributed by atoms with Crippen LogP contribution in [-0.4, -0.2) is 39.6 Å². The summed E-state index contributed by atoms with van der Waals surface area (Å²) in [6.07, 6.45) is 4.07. The average Bonchev–Trinajstić information content (AvgIpc) is 3.34. The Kier molecular flexibility index (Phi) is 15.8. The largest absolute Gasteiger partial charge is 0.456 e. The number of hydrogen-bond acceptors (Lipinski definition) is 6. The number of nitrogens with one attached hydrogen (secondary N) is 1. The molecule has 0 spiro atoms. The Morgan fingerprint density at radius 2 is 1.35 bits per heavy atom. The molecule has 6 aromatic carbocycles. The highest BCUT2D eigenvalue weighted by atomic mass is 32.2. The van der Waals surface area contributed by atoms with Crippen LogP contribution in [0.1, 0.15) is 50.7 Å². The van der Waals surface area contributed by atoms with Gasteiger partial charge in [-0.3, -0.25) is 0 Å². The first kappa shape index (κ1) is 46.9. The highest BCUT2D eigenvalue weighted by Gasteiger charge is 2.27. The minimum absolute atomic E-state index is 0.260. The van der Waals surface area contributed by atoms with Gasteiger partial charge in [0.2, 0.25) is 21.1 Å². The fraction of sp³-hybridized carbons (Fsp3) is 0.246. The summed E-state index contributed by atoms with van der Waals surface area (Å²) in [5.41, 5.74) is 8.59. The number of aryl methyl sites for hydroxylation is 2. The zero-order chi connectivity index (χ0) is 45.9. The number of anilines is 2. The van der Waals surface area contributed by atoms with E-state index in [1.807, 2.05) is 41.7 Å². The Labute approximate surface area is 400 Å². The van der Waals surface area contributed by atoms with Crippen molar-refractivity contribution >= 4 is 61.6 Å². The quantitative estimate of drug-likeness (QED) is 0.0467. The molecule has 8 rings (SSSR count). The Bertz CT molecular complexity index is 3030. The van der Waals surface area contributed by atoms with Crippen molar-refractivity contribution in [3.63, 3.8) is 0 Å². The van der Waals surface area contributed by atoms with Crippen molar-refractivity contribution in [2.75, 3.05) is 36.0 Å². The molecule has 0 amide bonds. The van der Waals surface area contributed by atoms with Crippen molar-refractivity contribution in [1.82, 2.24) is 9.30 Å². The lowest BCUT2D eigenvalue weighted by Gasteiger charge is -2.27. The van der Waals surface area contributed by atoms with Gasteiger partial charge in [-0.15, -0.1) is 23.5 Å². The third-order valence-corrected chi connectivity index (χ3v) is 15.8.